The average molecular weight is 197 g/mol. The first kappa shape index (κ1) is 10.3. The van der Waals surface area contributed by atoms with Gasteiger partial charge in [-0.1, -0.05) is 0 Å². The third-order valence-corrected chi connectivity index (χ3v) is 1.95. The molecule has 1 unspecified atom stereocenters. The van der Waals surface area contributed by atoms with E-state index in [2.05, 4.69) is 0 Å². The zero-order valence-corrected chi connectivity index (χ0v) is 6.84. The molecule has 1 rings (SSSR count). The molecule has 0 saturated carbocycles. The largest absolute Gasteiger partial charge is 0.477 e. The molecule has 6 heteroatoms. The summed E-state index contributed by atoms with van der Waals surface area (Å²) < 4.78 is 37.6. The lowest BCUT2D eigenvalue weighted by Crippen LogP contribution is -2.41. The van der Waals surface area contributed by atoms with Gasteiger partial charge in [0.1, 0.15) is 6.17 Å². The zero-order valence-electron chi connectivity index (χ0n) is 6.84. The molecule has 1 saturated heterocycles. The SMILES string of the molecule is O=C(O)C(F)(F)CN1CCC(F)C1. The fourth-order valence-corrected chi connectivity index (χ4v) is 1.28. The van der Waals surface area contributed by atoms with Gasteiger partial charge in [-0.05, 0) is 6.42 Å². The number of carboxylic acid groups (broad SMARTS) is 1. The summed E-state index contributed by atoms with van der Waals surface area (Å²) in [5, 5.41) is 8.10. The minimum atomic E-state index is -3.77. The van der Waals surface area contributed by atoms with Crippen molar-refractivity contribution >= 4 is 5.97 Å². The fraction of sp³-hybridized carbons (Fsp3) is 0.857. The molecule has 1 aliphatic rings. The molecule has 0 bridgehead atoms. The Bertz CT molecular complexity index is 210. The van der Waals surface area contributed by atoms with Crippen LogP contribution in [0.1, 0.15) is 6.42 Å². The Morgan fingerprint density at radius 2 is 2.23 bits per heavy atom. The minimum Gasteiger partial charge on any atom is -0.477 e. The lowest BCUT2D eigenvalue weighted by Gasteiger charge is -2.19. The van der Waals surface area contributed by atoms with Gasteiger partial charge >= 0.3 is 11.9 Å². The van der Waals surface area contributed by atoms with Crippen molar-refractivity contribution in [2.45, 2.75) is 18.5 Å². The highest BCUT2D eigenvalue weighted by molar-refractivity contribution is 5.75. The molecule has 13 heavy (non-hydrogen) atoms. The molecule has 0 aliphatic carbocycles. The van der Waals surface area contributed by atoms with Crippen LogP contribution in [0.4, 0.5) is 13.2 Å². The van der Waals surface area contributed by atoms with E-state index in [0.717, 1.165) is 4.90 Å². The van der Waals surface area contributed by atoms with Gasteiger partial charge in [0.25, 0.3) is 0 Å². The van der Waals surface area contributed by atoms with E-state index in [4.69, 9.17) is 5.11 Å². The van der Waals surface area contributed by atoms with E-state index < -0.39 is 24.6 Å². The highest BCUT2D eigenvalue weighted by atomic mass is 19.3. The van der Waals surface area contributed by atoms with Crippen molar-refractivity contribution < 1.29 is 23.1 Å². The highest BCUT2D eigenvalue weighted by Crippen LogP contribution is 2.20. The summed E-state index contributed by atoms with van der Waals surface area (Å²) in [6.07, 6.45) is -0.903. The van der Waals surface area contributed by atoms with E-state index in [9.17, 15) is 18.0 Å². The van der Waals surface area contributed by atoms with Crippen molar-refractivity contribution in [1.82, 2.24) is 4.90 Å². The van der Waals surface area contributed by atoms with E-state index in [1.165, 1.54) is 0 Å². The van der Waals surface area contributed by atoms with E-state index in [-0.39, 0.29) is 19.5 Å². The molecule has 0 amide bonds. The van der Waals surface area contributed by atoms with Gasteiger partial charge in [0.2, 0.25) is 0 Å². The summed E-state index contributed by atoms with van der Waals surface area (Å²) in [5.74, 6) is -5.93. The van der Waals surface area contributed by atoms with Gasteiger partial charge in [0, 0.05) is 13.1 Å². The molecule has 3 nitrogen and oxygen atoms in total. The first-order valence-corrected chi connectivity index (χ1v) is 3.89. The fourth-order valence-electron chi connectivity index (χ4n) is 1.28. The van der Waals surface area contributed by atoms with Crippen LogP contribution < -0.4 is 0 Å². The molecule has 0 aromatic carbocycles. The molecule has 1 aliphatic heterocycles. The normalized spacial score (nSPS) is 25.0. The molecule has 1 heterocycles. The third-order valence-electron chi connectivity index (χ3n) is 1.95. The van der Waals surface area contributed by atoms with Crippen molar-refractivity contribution in [3.05, 3.63) is 0 Å². The van der Waals surface area contributed by atoms with Crippen LogP contribution >= 0.6 is 0 Å². The van der Waals surface area contributed by atoms with Gasteiger partial charge in [-0.3, -0.25) is 4.90 Å². The Balaban J connectivity index is 2.44. The first-order chi connectivity index (χ1) is 5.92. The van der Waals surface area contributed by atoms with Gasteiger partial charge in [-0.25, -0.2) is 9.18 Å². The van der Waals surface area contributed by atoms with Crippen LogP contribution in [0.15, 0.2) is 0 Å². The van der Waals surface area contributed by atoms with Crippen molar-refractivity contribution in [2.24, 2.45) is 0 Å². The standard InChI is InChI=1S/C7H10F3NO2/c8-5-1-2-11(3-5)4-7(9,10)6(12)13/h5H,1-4H2,(H,12,13). The van der Waals surface area contributed by atoms with Crippen LogP contribution in [-0.4, -0.2) is 47.7 Å². The molecule has 0 aromatic rings. The van der Waals surface area contributed by atoms with E-state index in [1.807, 2.05) is 0 Å². The smallest absolute Gasteiger partial charge is 0.375 e. The molecule has 1 atom stereocenters. The van der Waals surface area contributed by atoms with Gasteiger partial charge < -0.3 is 5.11 Å². The summed E-state index contributed by atoms with van der Waals surface area (Å²) in [4.78, 5) is 11.1. The van der Waals surface area contributed by atoms with Crippen LogP contribution in [0.3, 0.4) is 0 Å². The van der Waals surface area contributed by atoms with Crippen LogP contribution in [0.5, 0.6) is 0 Å². The number of likely N-dealkylation sites (tertiary alicyclic amines) is 1. The van der Waals surface area contributed by atoms with Crippen LogP contribution in [0.25, 0.3) is 0 Å². The number of alkyl halides is 3. The lowest BCUT2D eigenvalue weighted by atomic mass is 10.3. The minimum absolute atomic E-state index is 0.0944. The number of hydrogen-bond acceptors (Lipinski definition) is 2. The predicted octanol–water partition coefficient (Wildman–Crippen LogP) is 0.750. The summed E-state index contributed by atoms with van der Waals surface area (Å²) in [7, 11) is 0. The molecule has 76 valence electrons. The Morgan fingerprint density at radius 1 is 1.62 bits per heavy atom. The Hall–Kier alpha value is -0.780. The summed E-state index contributed by atoms with van der Waals surface area (Å²) in [5.41, 5.74) is 0. The van der Waals surface area contributed by atoms with Crippen LogP contribution in [0, 0.1) is 0 Å². The molecule has 1 N–H and O–H groups in total. The Morgan fingerprint density at radius 3 is 2.62 bits per heavy atom. The molecular weight excluding hydrogens is 187 g/mol. The number of rotatable bonds is 3. The van der Waals surface area contributed by atoms with E-state index >= 15 is 0 Å². The van der Waals surface area contributed by atoms with E-state index in [0.29, 0.717) is 0 Å². The number of hydrogen-bond donors (Lipinski definition) is 1. The summed E-state index contributed by atoms with van der Waals surface area (Å²) in [6.45, 7) is -0.796. The molecule has 0 radical (unpaired) electrons. The van der Waals surface area contributed by atoms with Crippen molar-refractivity contribution in [3.63, 3.8) is 0 Å². The quantitative estimate of drug-likeness (QED) is 0.725. The third kappa shape index (κ3) is 2.58. The molecule has 1 fully saturated rings. The van der Waals surface area contributed by atoms with Crippen LogP contribution in [0.2, 0.25) is 0 Å². The van der Waals surface area contributed by atoms with Crippen molar-refractivity contribution in [3.8, 4) is 0 Å². The molecule has 0 aromatic heterocycles. The Labute approximate surface area is 73.1 Å². The Kier molecular flexibility index (Phi) is 2.80. The van der Waals surface area contributed by atoms with Gasteiger partial charge in [-0.15, -0.1) is 0 Å². The van der Waals surface area contributed by atoms with E-state index in [1.54, 1.807) is 0 Å². The molecule has 0 spiro atoms. The number of carbonyl (C=O) groups is 1. The lowest BCUT2D eigenvalue weighted by molar-refractivity contribution is -0.167. The van der Waals surface area contributed by atoms with Crippen LogP contribution in [-0.2, 0) is 4.79 Å². The maximum absolute atomic E-state index is 12.6. The van der Waals surface area contributed by atoms with Crippen molar-refractivity contribution in [1.29, 1.82) is 0 Å². The maximum Gasteiger partial charge on any atom is 0.375 e. The zero-order chi connectivity index (χ0) is 10.1. The van der Waals surface area contributed by atoms with Gasteiger partial charge in [0.15, 0.2) is 0 Å². The predicted molar refractivity (Wildman–Crippen MR) is 38.5 cm³/mol. The first-order valence-electron chi connectivity index (χ1n) is 3.89. The summed E-state index contributed by atoms with van der Waals surface area (Å²) >= 11 is 0. The highest BCUT2D eigenvalue weighted by Gasteiger charge is 2.42. The maximum atomic E-state index is 12.6. The average Bonchev–Trinajstić information content (AvgIpc) is 2.34. The van der Waals surface area contributed by atoms with Crippen molar-refractivity contribution in [2.75, 3.05) is 19.6 Å². The second kappa shape index (κ2) is 3.53. The van der Waals surface area contributed by atoms with Gasteiger partial charge in [-0.2, -0.15) is 8.78 Å². The monoisotopic (exact) mass is 197 g/mol. The number of halogens is 3. The summed E-state index contributed by atoms with van der Waals surface area (Å²) in [6, 6.07) is 0. The second-order valence-corrected chi connectivity index (χ2v) is 3.13. The topological polar surface area (TPSA) is 40.5 Å². The number of nitrogens with zero attached hydrogens (tertiary/aromatic N) is 1. The molecular formula is C7H10F3NO2. The second-order valence-electron chi connectivity index (χ2n) is 3.13. The number of aliphatic carboxylic acids is 1. The number of carboxylic acids is 1. The van der Waals surface area contributed by atoms with Gasteiger partial charge in [0.05, 0.1) is 6.54 Å².